The van der Waals surface area contributed by atoms with Crippen LogP contribution in [0.15, 0.2) is 22.4 Å². The fraction of sp³-hybridized carbons (Fsp3) is 0.571. The first-order valence-electron chi connectivity index (χ1n) is 11.8. The molecule has 228 valence electrons. The van der Waals surface area contributed by atoms with Crippen molar-refractivity contribution in [1.29, 1.82) is 0 Å². The molecule has 3 rings (SSSR count). The van der Waals surface area contributed by atoms with E-state index in [9.17, 15) is 48.3 Å². The van der Waals surface area contributed by atoms with Gasteiger partial charge in [0.25, 0.3) is 5.13 Å². The number of carbonyl (C=O) groups excluding carboxylic acids is 1. The van der Waals surface area contributed by atoms with Gasteiger partial charge in [0.1, 0.15) is 5.69 Å². The summed E-state index contributed by atoms with van der Waals surface area (Å²) in [6.45, 7) is 4.51. The number of nitrogens with one attached hydrogen (secondary N) is 1. The zero-order chi connectivity index (χ0) is 30.8. The number of anilines is 2. The highest BCUT2D eigenvalue weighted by atomic mass is 32.2. The van der Waals surface area contributed by atoms with Gasteiger partial charge < -0.3 is 9.64 Å². The van der Waals surface area contributed by atoms with Crippen molar-refractivity contribution in [1.82, 2.24) is 10.2 Å². The molecule has 1 aromatic heterocycles. The molecule has 10 nitrogen and oxygen atoms in total. The van der Waals surface area contributed by atoms with Crippen LogP contribution >= 0.6 is 11.3 Å². The van der Waals surface area contributed by atoms with Crippen molar-refractivity contribution < 1.29 is 53.1 Å². The van der Waals surface area contributed by atoms with E-state index in [1.807, 2.05) is 23.5 Å². The van der Waals surface area contributed by atoms with E-state index in [1.54, 1.807) is 0 Å². The second kappa shape index (κ2) is 12.0. The molecule has 0 fully saturated rings. The second-order valence-electron chi connectivity index (χ2n) is 8.90. The zero-order valence-corrected chi connectivity index (χ0v) is 22.8. The molecule has 1 aliphatic heterocycles. The predicted molar refractivity (Wildman–Crippen MR) is 130 cm³/mol. The number of hydrogen-bond acceptors (Lipinski definition) is 10. The van der Waals surface area contributed by atoms with E-state index in [2.05, 4.69) is 25.2 Å². The van der Waals surface area contributed by atoms with Crippen LogP contribution in [0.5, 0.6) is 0 Å². The topological polar surface area (TPSA) is 126 Å². The minimum Gasteiger partial charge on any atom is -0.388 e. The summed E-state index contributed by atoms with van der Waals surface area (Å²) in [4.78, 5) is 13.7. The summed E-state index contributed by atoms with van der Waals surface area (Å²) in [6.07, 6.45) is -14.2. The summed E-state index contributed by atoms with van der Waals surface area (Å²) in [5.74, 6) is -4.34. The van der Waals surface area contributed by atoms with E-state index >= 15 is 0 Å². The van der Waals surface area contributed by atoms with Crippen molar-refractivity contribution in [3.63, 3.8) is 0 Å². The van der Waals surface area contributed by atoms with Gasteiger partial charge in [-0.05, 0) is 43.9 Å². The van der Waals surface area contributed by atoms with Crippen molar-refractivity contribution in [2.75, 3.05) is 21.9 Å². The third-order valence-corrected chi connectivity index (χ3v) is 7.65. The highest BCUT2D eigenvalue weighted by molar-refractivity contribution is 7.92. The Balaban J connectivity index is 1.96. The molecule has 0 aliphatic carbocycles. The first kappa shape index (κ1) is 32.4. The molecule has 1 atom stereocenters. The number of alkyl halides is 8. The lowest BCUT2D eigenvalue weighted by molar-refractivity contribution is -0.370. The molecule has 20 heteroatoms. The third-order valence-electron chi connectivity index (χ3n) is 5.62. The Morgan fingerprint density at radius 2 is 1.83 bits per heavy atom. The summed E-state index contributed by atoms with van der Waals surface area (Å²) in [7, 11) is -4.95. The number of benzene rings is 1. The highest BCUT2D eigenvalue weighted by Gasteiger charge is 2.62. The smallest absolute Gasteiger partial charge is 0.388 e. The number of esters is 1. The SMILES string of the molecule is CCCCN1c2cc(NS(=O)(=O)CC(F)(F)F)c(N=Nc3nnc(C(=O)OC(F)(F)C(F)(F)F)s3)cc2CCC1C. The molecule has 2 aromatic rings. The average molecular weight is 639 g/mol. The predicted octanol–water partition coefficient (Wildman–Crippen LogP) is 6.51. The maximum absolute atomic E-state index is 13.0. The molecule has 1 N–H and O–H groups in total. The monoisotopic (exact) mass is 638 g/mol. The standard InChI is InChI=1S/C21H22F8N6O4S2/c1-3-4-7-35-11(2)5-6-12-8-13(14(9-15(12)35)34-41(37,38)10-19(22,23)24)30-32-18-33-31-16(40-18)17(36)39-21(28,29)20(25,26)27/h8-9,11,34H,3-7,10H2,1-2H3. The Hall–Kier alpha value is -3.16. The van der Waals surface area contributed by atoms with E-state index in [4.69, 9.17) is 0 Å². The number of fused-ring (bicyclic) bond motifs is 1. The third kappa shape index (κ3) is 8.43. The molecule has 0 spiro atoms. The number of hydrogen-bond donors (Lipinski definition) is 1. The van der Waals surface area contributed by atoms with E-state index in [0.29, 0.717) is 30.6 Å². The number of aryl methyl sites for hydroxylation is 1. The van der Waals surface area contributed by atoms with Crippen LogP contribution in [-0.4, -0.2) is 61.4 Å². The Kier molecular flexibility index (Phi) is 9.46. The average Bonchev–Trinajstić information content (AvgIpc) is 3.29. The minimum absolute atomic E-state index is 0.0467. The molecule has 1 aromatic carbocycles. The molecule has 41 heavy (non-hydrogen) atoms. The Bertz CT molecular complexity index is 1400. The van der Waals surface area contributed by atoms with Gasteiger partial charge in [-0.15, -0.1) is 20.4 Å². The van der Waals surface area contributed by atoms with Gasteiger partial charge in [0, 0.05) is 18.3 Å². The van der Waals surface area contributed by atoms with Gasteiger partial charge in [-0.2, -0.15) is 35.1 Å². The van der Waals surface area contributed by atoms with Gasteiger partial charge in [-0.25, -0.2) is 13.2 Å². The lowest BCUT2D eigenvalue weighted by atomic mass is 9.95. The van der Waals surface area contributed by atoms with Gasteiger partial charge in [-0.1, -0.05) is 24.7 Å². The number of halogens is 8. The van der Waals surface area contributed by atoms with Crippen LogP contribution in [0.2, 0.25) is 0 Å². The second-order valence-corrected chi connectivity index (χ2v) is 11.6. The van der Waals surface area contributed by atoms with E-state index in [0.717, 1.165) is 12.8 Å². The summed E-state index contributed by atoms with van der Waals surface area (Å²) in [5.41, 5.74) is 0.652. The van der Waals surface area contributed by atoms with E-state index in [1.165, 1.54) is 12.1 Å². The number of rotatable bonds is 10. The fourth-order valence-electron chi connectivity index (χ4n) is 3.75. The highest BCUT2D eigenvalue weighted by Crippen LogP contribution is 2.41. The van der Waals surface area contributed by atoms with Crippen LogP contribution in [0.1, 0.15) is 48.5 Å². The maximum Gasteiger partial charge on any atom is 0.501 e. The lowest BCUT2D eigenvalue weighted by Crippen LogP contribution is -2.40. The Labute approximate surface area is 231 Å². The van der Waals surface area contributed by atoms with Gasteiger partial charge in [0.2, 0.25) is 15.0 Å². The van der Waals surface area contributed by atoms with Crippen LogP contribution in [0.3, 0.4) is 0 Å². The molecule has 2 heterocycles. The fourth-order valence-corrected chi connectivity index (χ4v) is 5.30. The molecule has 0 saturated carbocycles. The number of carbonyl (C=O) groups is 1. The summed E-state index contributed by atoms with van der Waals surface area (Å²) < 4.78 is 131. The van der Waals surface area contributed by atoms with Crippen molar-refractivity contribution in [3.05, 3.63) is 22.7 Å². The maximum atomic E-state index is 13.0. The molecule has 1 unspecified atom stereocenters. The van der Waals surface area contributed by atoms with Gasteiger partial charge in [-0.3, -0.25) is 4.72 Å². The molecule has 0 saturated heterocycles. The number of ether oxygens (including phenoxy) is 1. The normalized spacial score (nSPS) is 16.6. The van der Waals surface area contributed by atoms with Gasteiger partial charge >= 0.3 is 24.4 Å². The first-order valence-corrected chi connectivity index (χ1v) is 14.2. The number of sulfonamides is 1. The minimum atomic E-state index is -6.18. The largest absolute Gasteiger partial charge is 0.501 e. The number of aromatic nitrogens is 2. The zero-order valence-electron chi connectivity index (χ0n) is 21.2. The summed E-state index contributed by atoms with van der Waals surface area (Å²) in [6, 6.07) is 2.77. The van der Waals surface area contributed by atoms with Crippen LogP contribution < -0.4 is 9.62 Å². The number of unbranched alkanes of at least 4 members (excludes halogenated alkanes) is 1. The van der Waals surface area contributed by atoms with Crippen molar-refractivity contribution in [2.24, 2.45) is 10.2 Å². The van der Waals surface area contributed by atoms with Crippen LogP contribution in [0.25, 0.3) is 0 Å². The lowest BCUT2D eigenvalue weighted by Gasteiger charge is -2.37. The van der Waals surface area contributed by atoms with Crippen molar-refractivity contribution in [3.8, 4) is 0 Å². The first-order chi connectivity index (χ1) is 18.8. The molecule has 0 amide bonds. The van der Waals surface area contributed by atoms with Gasteiger partial charge in [0.05, 0.1) is 5.69 Å². The van der Waals surface area contributed by atoms with Crippen LogP contribution in [-0.2, 0) is 21.2 Å². The molecule has 1 aliphatic rings. The van der Waals surface area contributed by atoms with Crippen LogP contribution in [0, 0.1) is 0 Å². The Morgan fingerprint density at radius 3 is 2.44 bits per heavy atom. The number of nitrogens with zero attached hydrogens (tertiary/aromatic N) is 5. The van der Waals surface area contributed by atoms with Crippen molar-refractivity contribution in [2.45, 2.75) is 64.0 Å². The Morgan fingerprint density at radius 1 is 1.15 bits per heavy atom. The molecule has 0 bridgehead atoms. The van der Waals surface area contributed by atoms with E-state index < -0.39 is 50.3 Å². The quantitative estimate of drug-likeness (QED) is 0.179. The van der Waals surface area contributed by atoms with Gasteiger partial charge in [0.15, 0.2) is 5.75 Å². The van der Waals surface area contributed by atoms with Crippen LogP contribution in [0.4, 0.5) is 57.3 Å². The molecular formula is C21H22F8N6O4S2. The van der Waals surface area contributed by atoms with E-state index in [-0.39, 0.29) is 28.8 Å². The van der Waals surface area contributed by atoms with Crippen molar-refractivity contribution >= 4 is 49.5 Å². The number of azo groups is 1. The molecule has 0 radical (unpaired) electrons. The summed E-state index contributed by atoms with van der Waals surface area (Å²) >= 11 is 0.123. The summed E-state index contributed by atoms with van der Waals surface area (Å²) in [5, 5.41) is 12.3. The molecular weight excluding hydrogens is 616 g/mol.